The van der Waals surface area contributed by atoms with Gasteiger partial charge in [-0.3, -0.25) is 4.79 Å². The zero-order valence-corrected chi connectivity index (χ0v) is 18.1. The summed E-state index contributed by atoms with van der Waals surface area (Å²) < 4.78 is 0. The van der Waals surface area contributed by atoms with E-state index in [0.29, 0.717) is 5.92 Å². The molecule has 0 spiro atoms. The molecule has 5 nitrogen and oxygen atoms in total. The van der Waals surface area contributed by atoms with Crippen molar-refractivity contribution >= 4 is 23.0 Å². The van der Waals surface area contributed by atoms with Gasteiger partial charge in [-0.25, -0.2) is 0 Å². The predicted molar refractivity (Wildman–Crippen MR) is 124 cm³/mol. The molecule has 1 fully saturated rings. The number of nitrogen functional groups attached to an aromatic ring is 1. The summed E-state index contributed by atoms with van der Waals surface area (Å²) in [4.78, 5) is 13.7. The minimum Gasteiger partial charge on any atom is -0.399 e. The third-order valence-electron chi connectivity index (χ3n) is 6.45. The van der Waals surface area contributed by atoms with Crippen LogP contribution >= 0.6 is 0 Å². The van der Waals surface area contributed by atoms with E-state index in [1.54, 1.807) is 0 Å². The third kappa shape index (κ3) is 4.11. The summed E-state index contributed by atoms with van der Waals surface area (Å²) in [5, 5.41) is 10.8. The van der Waals surface area contributed by atoms with Gasteiger partial charge in [0, 0.05) is 11.7 Å². The summed E-state index contributed by atoms with van der Waals surface area (Å²) in [6.07, 6.45) is 6.61. The minimum absolute atomic E-state index is 0.125. The van der Waals surface area contributed by atoms with Crippen molar-refractivity contribution in [2.75, 3.05) is 16.4 Å². The SMILES string of the molecule is CC(C)CC(C(=O)NC1CCCCC1)C1(c2ccc(N)cc2)Nc2ccccc2N1. The lowest BCUT2D eigenvalue weighted by Gasteiger charge is -2.40. The molecule has 2 aromatic carbocycles. The van der Waals surface area contributed by atoms with E-state index in [9.17, 15) is 4.79 Å². The lowest BCUT2D eigenvalue weighted by atomic mass is 9.79. The first-order chi connectivity index (χ1) is 14.5. The van der Waals surface area contributed by atoms with Gasteiger partial charge in [-0.15, -0.1) is 0 Å². The Kier molecular flexibility index (Phi) is 5.89. The number of carbonyl (C=O) groups excluding carboxylic acids is 1. The molecular weight excluding hydrogens is 372 g/mol. The second-order valence-electron chi connectivity index (χ2n) is 9.25. The molecule has 1 aliphatic carbocycles. The minimum atomic E-state index is -0.708. The lowest BCUT2D eigenvalue weighted by Crippen LogP contribution is -2.54. The van der Waals surface area contributed by atoms with Crippen LogP contribution in [0.25, 0.3) is 0 Å². The van der Waals surface area contributed by atoms with E-state index in [2.05, 4.69) is 41.9 Å². The molecule has 5 N–H and O–H groups in total. The highest BCUT2D eigenvalue weighted by molar-refractivity contribution is 5.86. The molecule has 0 bridgehead atoms. The van der Waals surface area contributed by atoms with Gasteiger partial charge in [0.1, 0.15) is 5.66 Å². The number of benzene rings is 2. The van der Waals surface area contributed by atoms with Gasteiger partial charge in [-0.05, 0) is 55.0 Å². The number of fused-ring (bicyclic) bond motifs is 1. The Balaban J connectivity index is 1.72. The highest BCUT2D eigenvalue weighted by Gasteiger charge is 2.48. The van der Waals surface area contributed by atoms with Crippen LogP contribution in [0.4, 0.5) is 17.1 Å². The van der Waals surface area contributed by atoms with Gasteiger partial charge in [0.25, 0.3) is 0 Å². The number of nitrogens with one attached hydrogen (secondary N) is 3. The second-order valence-corrected chi connectivity index (χ2v) is 9.25. The quantitative estimate of drug-likeness (QED) is 0.505. The molecule has 2 aliphatic rings. The molecule has 1 aliphatic heterocycles. The summed E-state index contributed by atoms with van der Waals surface area (Å²) >= 11 is 0. The number of nitrogens with two attached hydrogens (primary N) is 1. The molecule has 1 amide bonds. The van der Waals surface area contributed by atoms with Crippen LogP contribution in [0.15, 0.2) is 48.5 Å². The molecule has 1 saturated carbocycles. The van der Waals surface area contributed by atoms with Crippen molar-refractivity contribution < 1.29 is 4.79 Å². The van der Waals surface area contributed by atoms with E-state index in [0.717, 1.165) is 41.9 Å². The van der Waals surface area contributed by atoms with Gasteiger partial charge in [0.15, 0.2) is 0 Å². The predicted octanol–water partition coefficient (Wildman–Crippen LogP) is 5.07. The van der Waals surface area contributed by atoms with Crippen molar-refractivity contribution in [2.24, 2.45) is 11.8 Å². The van der Waals surface area contributed by atoms with Crippen molar-refractivity contribution in [3.8, 4) is 0 Å². The first kappa shape index (κ1) is 20.6. The lowest BCUT2D eigenvalue weighted by molar-refractivity contribution is -0.128. The van der Waals surface area contributed by atoms with E-state index in [-0.39, 0.29) is 17.9 Å². The maximum Gasteiger partial charge on any atom is 0.228 e. The highest BCUT2D eigenvalue weighted by Crippen LogP contribution is 2.46. The van der Waals surface area contributed by atoms with Crippen molar-refractivity contribution in [2.45, 2.75) is 64.1 Å². The molecule has 160 valence electrons. The van der Waals surface area contributed by atoms with Crippen molar-refractivity contribution in [3.63, 3.8) is 0 Å². The molecule has 0 aromatic heterocycles. The average Bonchev–Trinajstić information content (AvgIpc) is 3.13. The number of anilines is 3. The van der Waals surface area contributed by atoms with Gasteiger partial charge in [-0.1, -0.05) is 57.4 Å². The molecule has 2 aromatic rings. The Morgan fingerprint density at radius 2 is 1.63 bits per heavy atom. The largest absolute Gasteiger partial charge is 0.399 e. The van der Waals surface area contributed by atoms with Crippen LogP contribution in [0.3, 0.4) is 0 Å². The molecule has 1 heterocycles. The Morgan fingerprint density at radius 3 is 2.20 bits per heavy atom. The fourth-order valence-corrected chi connectivity index (χ4v) is 4.92. The molecule has 1 unspecified atom stereocenters. The smallest absolute Gasteiger partial charge is 0.228 e. The van der Waals surface area contributed by atoms with Crippen LogP contribution in [0.1, 0.15) is 57.9 Å². The normalized spacial score (nSPS) is 18.9. The van der Waals surface area contributed by atoms with Crippen molar-refractivity contribution in [3.05, 3.63) is 54.1 Å². The van der Waals surface area contributed by atoms with Gasteiger partial charge in [0.05, 0.1) is 17.3 Å². The summed E-state index contributed by atoms with van der Waals surface area (Å²) in [5.74, 6) is 0.237. The number of rotatable bonds is 6. The molecular formula is C25H34N4O. The molecule has 0 saturated heterocycles. The zero-order chi connectivity index (χ0) is 21.1. The Bertz CT molecular complexity index is 846. The van der Waals surface area contributed by atoms with Gasteiger partial charge in [0.2, 0.25) is 5.91 Å². The number of para-hydroxylation sites is 2. The van der Waals surface area contributed by atoms with Crippen LogP contribution in [-0.4, -0.2) is 11.9 Å². The zero-order valence-electron chi connectivity index (χ0n) is 18.1. The van der Waals surface area contributed by atoms with E-state index in [1.165, 1.54) is 19.3 Å². The van der Waals surface area contributed by atoms with Crippen molar-refractivity contribution in [1.82, 2.24) is 5.32 Å². The first-order valence-electron chi connectivity index (χ1n) is 11.3. The fourth-order valence-electron chi connectivity index (χ4n) is 4.92. The summed E-state index contributed by atoms with van der Waals surface area (Å²) in [6.45, 7) is 4.36. The van der Waals surface area contributed by atoms with Crippen LogP contribution in [0, 0.1) is 11.8 Å². The summed E-state index contributed by atoms with van der Waals surface area (Å²) in [6, 6.07) is 16.3. The highest BCUT2D eigenvalue weighted by atomic mass is 16.2. The monoisotopic (exact) mass is 406 g/mol. The number of carbonyl (C=O) groups is 1. The Hall–Kier alpha value is -2.69. The number of hydrogen-bond acceptors (Lipinski definition) is 4. The summed E-state index contributed by atoms with van der Waals surface area (Å²) in [5.41, 5.74) is 9.05. The standard InChI is InChI=1S/C25H34N4O/c1-17(2)16-21(24(30)27-20-8-4-3-5-9-20)25(18-12-14-19(26)15-13-18)28-22-10-6-7-11-23(22)29-25/h6-7,10-15,17,20-21,28-29H,3-5,8-9,16,26H2,1-2H3,(H,27,30). The molecule has 30 heavy (non-hydrogen) atoms. The maximum absolute atomic E-state index is 13.7. The fraction of sp³-hybridized carbons (Fsp3) is 0.480. The van der Waals surface area contributed by atoms with Crippen LogP contribution in [0.2, 0.25) is 0 Å². The Labute approximate surface area is 179 Å². The van der Waals surface area contributed by atoms with Crippen LogP contribution in [-0.2, 0) is 10.5 Å². The first-order valence-corrected chi connectivity index (χ1v) is 11.3. The van der Waals surface area contributed by atoms with Gasteiger partial charge < -0.3 is 21.7 Å². The van der Waals surface area contributed by atoms with E-state index < -0.39 is 5.66 Å². The van der Waals surface area contributed by atoms with E-state index in [1.807, 2.05) is 36.4 Å². The second kappa shape index (κ2) is 8.58. The molecule has 1 atom stereocenters. The Morgan fingerprint density at radius 1 is 1.03 bits per heavy atom. The van der Waals surface area contributed by atoms with Crippen LogP contribution in [0.5, 0.6) is 0 Å². The summed E-state index contributed by atoms with van der Waals surface area (Å²) in [7, 11) is 0. The van der Waals surface area contributed by atoms with E-state index in [4.69, 9.17) is 5.73 Å². The number of hydrogen-bond donors (Lipinski definition) is 4. The topological polar surface area (TPSA) is 79.2 Å². The third-order valence-corrected chi connectivity index (χ3v) is 6.45. The molecule has 5 heteroatoms. The van der Waals surface area contributed by atoms with Gasteiger partial charge in [-0.2, -0.15) is 0 Å². The van der Waals surface area contributed by atoms with Gasteiger partial charge >= 0.3 is 0 Å². The molecule has 4 rings (SSSR count). The average molecular weight is 407 g/mol. The molecule has 0 radical (unpaired) electrons. The van der Waals surface area contributed by atoms with Crippen LogP contribution < -0.4 is 21.7 Å². The van der Waals surface area contributed by atoms with Crippen molar-refractivity contribution in [1.29, 1.82) is 0 Å². The maximum atomic E-state index is 13.7. The number of amides is 1. The van der Waals surface area contributed by atoms with E-state index >= 15 is 0 Å².